The number of aromatic nitrogens is 1. The fourth-order valence-corrected chi connectivity index (χ4v) is 2.52. The monoisotopic (exact) mass is 266 g/mol. The topological polar surface area (TPSA) is 51.0 Å². The van der Waals surface area contributed by atoms with Crippen molar-refractivity contribution in [3.8, 4) is 16.9 Å². The lowest BCUT2D eigenvalue weighted by Gasteiger charge is -2.06. The maximum Gasteiger partial charge on any atom is 0.119 e. The second-order valence-corrected chi connectivity index (χ2v) is 4.84. The van der Waals surface area contributed by atoms with Crippen LogP contribution in [0.4, 0.5) is 0 Å². The van der Waals surface area contributed by atoms with Crippen LogP contribution in [-0.4, -0.2) is 18.6 Å². The van der Waals surface area contributed by atoms with E-state index in [0.717, 1.165) is 23.3 Å². The number of nitrogens with two attached hydrogens (primary N) is 1. The Bertz CT molecular complexity index is 731. The van der Waals surface area contributed by atoms with E-state index in [4.69, 9.17) is 10.5 Å². The number of rotatable bonds is 4. The van der Waals surface area contributed by atoms with Gasteiger partial charge < -0.3 is 15.5 Å². The first-order chi connectivity index (χ1) is 9.81. The first-order valence-electron chi connectivity index (χ1n) is 6.76. The number of benzene rings is 2. The number of hydrogen-bond acceptors (Lipinski definition) is 2. The fraction of sp³-hybridized carbons (Fsp3) is 0.176. The van der Waals surface area contributed by atoms with Crippen LogP contribution in [0, 0.1) is 0 Å². The number of nitrogens with one attached hydrogen (secondary N) is 1. The minimum absolute atomic E-state index is 0.663. The molecule has 3 rings (SSSR count). The Labute approximate surface area is 118 Å². The molecule has 3 nitrogen and oxygen atoms in total. The summed E-state index contributed by atoms with van der Waals surface area (Å²) in [6.07, 6.45) is 2.94. The highest BCUT2D eigenvalue weighted by atomic mass is 16.5. The van der Waals surface area contributed by atoms with Gasteiger partial charge in [0.1, 0.15) is 5.75 Å². The van der Waals surface area contributed by atoms with Crippen molar-refractivity contribution >= 4 is 10.9 Å². The zero-order chi connectivity index (χ0) is 13.9. The molecule has 0 saturated heterocycles. The van der Waals surface area contributed by atoms with Crippen molar-refractivity contribution in [3.05, 3.63) is 54.2 Å². The van der Waals surface area contributed by atoms with Crippen LogP contribution in [0.3, 0.4) is 0 Å². The highest BCUT2D eigenvalue weighted by molar-refractivity contribution is 5.88. The molecule has 0 saturated carbocycles. The van der Waals surface area contributed by atoms with Gasteiger partial charge in [-0.25, -0.2) is 0 Å². The highest BCUT2D eigenvalue weighted by Gasteiger charge is 2.06. The lowest BCUT2D eigenvalue weighted by atomic mass is 10.0. The molecule has 0 aliphatic rings. The average molecular weight is 266 g/mol. The van der Waals surface area contributed by atoms with Gasteiger partial charge in [-0.2, -0.15) is 0 Å². The van der Waals surface area contributed by atoms with Crippen LogP contribution >= 0.6 is 0 Å². The normalized spacial score (nSPS) is 10.9. The summed E-state index contributed by atoms with van der Waals surface area (Å²) in [5, 5.41) is 1.25. The Hall–Kier alpha value is -2.26. The van der Waals surface area contributed by atoms with Gasteiger partial charge in [-0.1, -0.05) is 18.2 Å². The number of methoxy groups -OCH3 is 1. The summed E-state index contributed by atoms with van der Waals surface area (Å²) in [5.74, 6) is 0.874. The van der Waals surface area contributed by atoms with Crippen LogP contribution in [0.25, 0.3) is 22.0 Å². The van der Waals surface area contributed by atoms with Gasteiger partial charge in [0.05, 0.1) is 7.11 Å². The first-order valence-corrected chi connectivity index (χ1v) is 6.76. The molecule has 0 radical (unpaired) electrons. The minimum atomic E-state index is 0.663. The molecule has 0 atom stereocenters. The van der Waals surface area contributed by atoms with E-state index >= 15 is 0 Å². The molecule has 0 aliphatic carbocycles. The fourth-order valence-electron chi connectivity index (χ4n) is 2.52. The molecular weight excluding hydrogens is 248 g/mol. The van der Waals surface area contributed by atoms with Crippen molar-refractivity contribution in [2.45, 2.75) is 6.42 Å². The van der Waals surface area contributed by atoms with Gasteiger partial charge in [-0.3, -0.25) is 0 Å². The summed E-state index contributed by atoms with van der Waals surface area (Å²) in [6, 6.07) is 14.6. The highest BCUT2D eigenvalue weighted by Crippen LogP contribution is 2.28. The number of ether oxygens (including phenoxy) is 1. The van der Waals surface area contributed by atoms with Crippen molar-refractivity contribution in [1.29, 1.82) is 0 Å². The smallest absolute Gasteiger partial charge is 0.119 e. The summed E-state index contributed by atoms with van der Waals surface area (Å²) in [6.45, 7) is 0.663. The number of aromatic amines is 1. The molecule has 3 N–H and O–H groups in total. The van der Waals surface area contributed by atoms with E-state index in [1.807, 2.05) is 18.3 Å². The van der Waals surface area contributed by atoms with Gasteiger partial charge in [0, 0.05) is 17.1 Å². The molecule has 0 amide bonds. The van der Waals surface area contributed by atoms with Crippen LogP contribution in [0.5, 0.6) is 5.75 Å². The van der Waals surface area contributed by atoms with Gasteiger partial charge in [-0.05, 0) is 53.9 Å². The molecule has 3 heteroatoms. The van der Waals surface area contributed by atoms with Crippen LogP contribution in [0.15, 0.2) is 48.7 Å². The Kier molecular flexibility index (Phi) is 3.44. The van der Waals surface area contributed by atoms with E-state index in [0.29, 0.717) is 6.54 Å². The van der Waals surface area contributed by atoms with E-state index in [1.165, 1.54) is 16.5 Å². The Balaban J connectivity index is 2.09. The number of hydrogen-bond donors (Lipinski definition) is 2. The van der Waals surface area contributed by atoms with Gasteiger partial charge in [0.2, 0.25) is 0 Å². The molecule has 3 aromatic rings. The van der Waals surface area contributed by atoms with Crippen molar-refractivity contribution in [3.63, 3.8) is 0 Å². The summed E-state index contributed by atoms with van der Waals surface area (Å²) in [4.78, 5) is 3.29. The lowest BCUT2D eigenvalue weighted by molar-refractivity contribution is 0.415. The summed E-state index contributed by atoms with van der Waals surface area (Å²) >= 11 is 0. The standard InChI is InChI=1S/C17H18N2O/c1-20-15-4-2-3-12(9-15)13-5-6-17-16(10-13)14(7-8-18)11-19-17/h2-6,9-11,19H,7-8,18H2,1H3. The van der Waals surface area contributed by atoms with Crippen LogP contribution in [0.1, 0.15) is 5.56 Å². The zero-order valence-corrected chi connectivity index (χ0v) is 11.5. The molecule has 102 valence electrons. The first kappa shape index (κ1) is 12.8. The predicted octanol–water partition coefficient (Wildman–Crippen LogP) is 3.34. The lowest BCUT2D eigenvalue weighted by Crippen LogP contribution is -2.01. The second-order valence-electron chi connectivity index (χ2n) is 4.84. The minimum Gasteiger partial charge on any atom is -0.497 e. The molecular formula is C17H18N2O. The maximum absolute atomic E-state index is 5.67. The summed E-state index contributed by atoms with van der Waals surface area (Å²) < 4.78 is 5.29. The van der Waals surface area contributed by atoms with Crippen LogP contribution in [0.2, 0.25) is 0 Å². The summed E-state index contributed by atoms with van der Waals surface area (Å²) in [5.41, 5.74) is 10.4. The van der Waals surface area contributed by atoms with Gasteiger partial charge in [-0.15, -0.1) is 0 Å². The van der Waals surface area contributed by atoms with E-state index in [-0.39, 0.29) is 0 Å². The number of H-pyrrole nitrogens is 1. The zero-order valence-electron chi connectivity index (χ0n) is 11.5. The number of fused-ring (bicyclic) bond motifs is 1. The molecule has 0 fully saturated rings. The molecule has 0 bridgehead atoms. The molecule has 1 aromatic heterocycles. The van der Waals surface area contributed by atoms with Gasteiger partial charge >= 0.3 is 0 Å². The SMILES string of the molecule is COc1cccc(-c2ccc3[nH]cc(CCN)c3c2)c1. The van der Waals surface area contributed by atoms with Crippen molar-refractivity contribution in [2.75, 3.05) is 13.7 Å². The maximum atomic E-state index is 5.67. The van der Waals surface area contributed by atoms with E-state index in [2.05, 4.69) is 35.3 Å². The Morgan fingerprint density at radius 1 is 1.10 bits per heavy atom. The predicted molar refractivity (Wildman–Crippen MR) is 83.0 cm³/mol. The van der Waals surface area contributed by atoms with Crippen LogP contribution < -0.4 is 10.5 Å². The second kappa shape index (κ2) is 5.39. The molecule has 0 aliphatic heterocycles. The molecule has 1 heterocycles. The van der Waals surface area contributed by atoms with Gasteiger partial charge in [0.15, 0.2) is 0 Å². The van der Waals surface area contributed by atoms with E-state index < -0.39 is 0 Å². The third kappa shape index (κ3) is 2.28. The third-order valence-corrected chi connectivity index (χ3v) is 3.58. The quantitative estimate of drug-likeness (QED) is 0.761. The van der Waals surface area contributed by atoms with Crippen molar-refractivity contribution < 1.29 is 4.74 Å². The summed E-state index contributed by atoms with van der Waals surface area (Å²) in [7, 11) is 1.69. The third-order valence-electron chi connectivity index (χ3n) is 3.58. The van der Waals surface area contributed by atoms with E-state index in [9.17, 15) is 0 Å². The Morgan fingerprint density at radius 3 is 2.75 bits per heavy atom. The molecule has 20 heavy (non-hydrogen) atoms. The molecule has 2 aromatic carbocycles. The van der Waals surface area contributed by atoms with Crippen LogP contribution in [-0.2, 0) is 6.42 Å². The van der Waals surface area contributed by atoms with Gasteiger partial charge in [0.25, 0.3) is 0 Å². The largest absolute Gasteiger partial charge is 0.497 e. The van der Waals surface area contributed by atoms with Crippen molar-refractivity contribution in [1.82, 2.24) is 4.98 Å². The van der Waals surface area contributed by atoms with Crippen molar-refractivity contribution in [2.24, 2.45) is 5.73 Å². The molecule has 0 unspecified atom stereocenters. The Morgan fingerprint density at radius 2 is 1.95 bits per heavy atom. The van der Waals surface area contributed by atoms with E-state index in [1.54, 1.807) is 7.11 Å². The molecule has 0 spiro atoms. The average Bonchev–Trinajstić information content (AvgIpc) is 2.90.